The summed E-state index contributed by atoms with van der Waals surface area (Å²) in [6, 6.07) is 7.77. The highest BCUT2D eigenvalue weighted by atomic mass is 32.1. The van der Waals surface area contributed by atoms with Gasteiger partial charge in [0.25, 0.3) is 0 Å². The van der Waals surface area contributed by atoms with Crippen LogP contribution in [-0.4, -0.2) is 40.4 Å². The molecule has 0 amide bonds. The molecule has 1 unspecified atom stereocenters. The van der Waals surface area contributed by atoms with E-state index in [2.05, 4.69) is 38.6 Å². The third kappa shape index (κ3) is 2.82. The van der Waals surface area contributed by atoms with E-state index in [9.17, 15) is 0 Å². The van der Waals surface area contributed by atoms with Gasteiger partial charge in [-0.05, 0) is 37.0 Å². The summed E-state index contributed by atoms with van der Waals surface area (Å²) >= 11 is 1.80. The third-order valence-electron chi connectivity index (χ3n) is 5.62. The second-order valence-electron chi connectivity index (χ2n) is 7.63. The van der Waals surface area contributed by atoms with Gasteiger partial charge in [0.05, 0.1) is 16.8 Å². The Morgan fingerprint density at radius 1 is 1.19 bits per heavy atom. The number of nitrogens with one attached hydrogen (secondary N) is 2. The fourth-order valence-corrected chi connectivity index (χ4v) is 5.13. The largest absolute Gasteiger partial charge is 0.487 e. The minimum atomic E-state index is 0.547. The average Bonchev–Trinajstić information content (AvgIpc) is 3.13. The van der Waals surface area contributed by atoms with E-state index >= 15 is 0 Å². The summed E-state index contributed by atoms with van der Waals surface area (Å²) in [5, 5.41) is 11.8. The van der Waals surface area contributed by atoms with E-state index in [0.29, 0.717) is 12.6 Å². The van der Waals surface area contributed by atoms with Crippen LogP contribution in [0.1, 0.15) is 25.0 Å². The van der Waals surface area contributed by atoms with Gasteiger partial charge in [0.2, 0.25) is 0 Å². The van der Waals surface area contributed by atoms with Crippen molar-refractivity contribution in [1.29, 1.82) is 0 Å². The van der Waals surface area contributed by atoms with Crippen molar-refractivity contribution in [3.8, 4) is 27.3 Å². The zero-order valence-electron chi connectivity index (χ0n) is 14.9. The van der Waals surface area contributed by atoms with E-state index < -0.39 is 0 Å². The summed E-state index contributed by atoms with van der Waals surface area (Å²) in [4.78, 5) is 8.60. The molecule has 7 heteroatoms. The Bertz CT molecular complexity index is 978. The van der Waals surface area contributed by atoms with Gasteiger partial charge in [0.15, 0.2) is 5.13 Å². The predicted molar refractivity (Wildman–Crippen MR) is 106 cm³/mol. The Morgan fingerprint density at radius 2 is 2.15 bits per heavy atom. The van der Waals surface area contributed by atoms with Crippen LogP contribution in [-0.2, 0) is 6.61 Å². The van der Waals surface area contributed by atoms with Crippen LogP contribution in [0.15, 0.2) is 30.6 Å². The Kier molecular flexibility index (Phi) is 3.52. The van der Waals surface area contributed by atoms with Crippen LogP contribution in [0.2, 0.25) is 0 Å². The van der Waals surface area contributed by atoms with E-state index in [1.807, 2.05) is 12.4 Å². The maximum atomic E-state index is 6.03. The van der Waals surface area contributed by atoms with Crippen molar-refractivity contribution in [2.45, 2.75) is 38.0 Å². The molecule has 2 N–H and O–H groups in total. The number of H-pyrrole nitrogens is 1. The highest BCUT2D eigenvalue weighted by Gasteiger charge is 2.31. The molecule has 3 aromatic rings. The molecule has 138 valence electrons. The molecule has 6 nitrogen and oxygen atoms in total. The number of aromatic nitrogens is 3. The molecule has 27 heavy (non-hydrogen) atoms. The molecular weight excluding hydrogens is 358 g/mol. The number of aromatic amines is 1. The second-order valence-corrected chi connectivity index (χ2v) is 8.61. The topological polar surface area (TPSA) is 66.1 Å². The molecule has 1 aliphatic carbocycles. The first kappa shape index (κ1) is 15.7. The summed E-state index contributed by atoms with van der Waals surface area (Å²) in [7, 11) is 0. The lowest BCUT2D eigenvalue weighted by molar-refractivity contribution is 0.298. The molecule has 1 aromatic carbocycles. The van der Waals surface area contributed by atoms with Gasteiger partial charge >= 0.3 is 0 Å². The number of benzene rings is 1. The maximum Gasteiger partial charge on any atom is 0.186 e. The van der Waals surface area contributed by atoms with Crippen LogP contribution in [0.4, 0.5) is 5.13 Å². The molecule has 0 bridgehead atoms. The minimum Gasteiger partial charge on any atom is -0.487 e. The lowest BCUT2D eigenvalue weighted by atomic mass is 10.0. The monoisotopic (exact) mass is 379 g/mol. The highest BCUT2D eigenvalue weighted by molar-refractivity contribution is 7.19. The third-order valence-corrected chi connectivity index (χ3v) is 6.81. The quantitative estimate of drug-likeness (QED) is 0.727. The lowest BCUT2D eigenvalue weighted by Gasteiger charge is -2.17. The summed E-state index contributed by atoms with van der Waals surface area (Å²) in [6.07, 6.45) is 7.64. The molecule has 0 radical (unpaired) electrons. The molecule has 2 fully saturated rings. The lowest BCUT2D eigenvalue weighted by Crippen LogP contribution is -2.33. The van der Waals surface area contributed by atoms with Gasteiger partial charge in [-0.2, -0.15) is 5.10 Å². The van der Waals surface area contributed by atoms with Gasteiger partial charge in [0, 0.05) is 42.5 Å². The Labute approximate surface area is 161 Å². The van der Waals surface area contributed by atoms with Crippen molar-refractivity contribution < 1.29 is 4.74 Å². The molecule has 3 aliphatic rings. The minimum absolute atomic E-state index is 0.547. The molecule has 1 atom stereocenters. The van der Waals surface area contributed by atoms with E-state index in [1.54, 1.807) is 11.3 Å². The number of thiazole rings is 1. The zero-order chi connectivity index (χ0) is 17.8. The van der Waals surface area contributed by atoms with Crippen molar-refractivity contribution >= 4 is 16.5 Å². The Balaban J connectivity index is 1.28. The number of hydrogen-bond acceptors (Lipinski definition) is 6. The summed E-state index contributed by atoms with van der Waals surface area (Å²) in [5.41, 5.74) is 4.41. The summed E-state index contributed by atoms with van der Waals surface area (Å²) in [6.45, 7) is 2.70. The van der Waals surface area contributed by atoms with Gasteiger partial charge < -0.3 is 15.0 Å². The SMILES string of the molecule is c1cc2c(cc1-c1cn[nH]c1)OCc1nc(N3CCC(NC4CC4)C3)sc1-2. The smallest absolute Gasteiger partial charge is 0.186 e. The van der Waals surface area contributed by atoms with Crippen LogP contribution in [0.5, 0.6) is 5.75 Å². The molecule has 1 saturated heterocycles. The molecule has 2 aromatic heterocycles. The Morgan fingerprint density at radius 3 is 3.00 bits per heavy atom. The highest BCUT2D eigenvalue weighted by Crippen LogP contribution is 2.45. The van der Waals surface area contributed by atoms with Crippen LogP contribution in [0.25, 0.3) is 21.6 Å². The normalized spacial score (nSPS) is 21.0. The van der Waals surface area contributed by atoms with Crippen molar-refractivity contribution in [3.05, 3.63) is 36.3 Å². The van der Waals surface area contributed by atoms with Crippen molar-refractivity contribution in [3.63, 3.8) is 0 Å². The summed E-state index contributed by atoms with van der Waals surface area (Å²) in [5.74, 6) is 0.936. The van der Waals surface area contributed by atoms with Crippen LogP contribution in [0.3, 0.4) is 0 Å². The molecule has 6 rings (SSSR count). The van der Waals surface area contributed by atoms with Gasteiger partial charge in [-0.25, -0.2) is 4.98 Å². The van der Waals surface area contributed by atoms with Crippen LogP contribution < -0.4 is 15.0 Å². The first-order valence-corrected chi connectivity index (χ1v) is 10.4. The average molecular weight is 379 g/mol. The fourth-order valence-electron chi connectivity index (χ4n) is 4.00. The van der Waals surface area contributed by atoms with E-state index in [1.165, 1.54) is 24.1 Å². The van der Waals surface area contributed by atoms with E-state index in [4.69, 9.17) is 9.72 Å². The maximum absolute atomic E-state index is 6.03. The number of anilines is 1. The molecule has 2 aliphatic heterocycles. The van der Waals surface area contributed by atoms with E-state index in [-0.39, 0.29) is 0 Å². The zero-order valence-corrected chi connectivity index (χ0v) is 15.8. The first-order chi connectivity index (χ1) is 13.3. The van der Waals surface area contributed by atoms with Gasteiger partial charge in [-0.1, -0.05) is 17.4 Å². The van der Waals surface area contributed by atoms with Crippen LogP contribution in [0, 0.1) is 0 Å². The number of fused-ring (bicyclic) bond motifs is 3. The summed E-state index contributed by atoms with van der Waals surface area (Å²) < 4.78 is 6.03. The number of hydrogen-bond donors (Lipinski definition) is 2. The Hall–Kier alpha value is -2.38. The van der Waals surface area contributed by atoms with Crippen LogP contribution >= 0.6 is 11.3 Å². The molecule has 1 saturated carbocycles. The number of rotatable bonds is 4. The van der Waals surface area contributed by atoms with Crippen molar-refractivity contribution in [1.82, 2.24) is 20.5 Å². The predicted octanol–water partition coefficient (Wildman–Crippen LogP) is 3.42. The molecule has 0 spiro atoms. The fraction of sp³-hybridized carbons (Fsp3) is 0.400. The van der Waals surface area contributed by atoms with Gasteiger partial charge in [-0.3, -0.25) is 5.10 Å². The first-order valence-electron chi connectivity index (χ1n) is 9.60. The number of nitrogens with zero attached hydrogens (tertiary/aromatic N) is 3. The van der Waals surface area contributed by atoms with Crippen molar-refractivity contribution in [2.75, 3.05) is 18.0 Å². The molecular formula is C20H21N5OS. The number of ether oxygens (including phenoxy) is 1. The molecule has 4 heterocycles. The second kappa shape index (κ2) is 6.07. The van der Waals surface area contributed by atoms with Gasteiger partial charge in [-0.15, -0.1) is 0 Å². The van der Waals surface area contributed by atoms with Gasteiger partial charge in [0.1, 0.15) is 12.4 Å². The van der Waals surface area contributed by atoms with Crippen molar-refractivity contribution in [2.24, 2.45) is 0 Å². The van der Waals surface area contributed by atoms with E-state index in [0.717, 1.165) is 52.4 Å². The standard InChI is InChI=1S/C20H21N5OS/c1-4-16-18(7-12(1)13-8-21-22-9-13)26-11-17-19(16)27-20(24-17)25-6-5-15(10-25)23-14-2-3-14/h1,4,7-9,14-15,23H,2-3,5-6,10-11H2,(H,21,22).